The van der Waals surface area contributed by atoms with Gasteiger partial charge in [0.15, 0.2) is 5.96 Å². The third-order valence-electron chi connectivity index (χ3n) is 5.21. The minimum absolute atomic E-state index is 0. The molecule has 1 aliphatic carbocycles. The van der Waals surface area contributed by atoms with Gasteiger partial charge in [-0.25, -0.2) is 9.97 Å². The number of guanidine groups is 1. The molecule has 2 heterocycles. The lowest BCUT2D eigenvalue weighted by molar-refractivity contribution is -0.141. The number of aliphatic imine (C=N–C) groups is 1. The standard InChI is InChI=1S/C18H27F3N6.HI/c1-2-22-17(27-11-13-5-3-4-6-14(13)12-27)25-10-9-24-16-23-8-7-15(26-16)18(19,20)21;/h7-8,13-14H,2-6,9-12H2,1H3,(H,22,25)(H,23,24,26);1H. The van der Waals surface area contributed by atoms with Gasteiger partial charge >= 0.3 is 6.18 Å². The van der Waals surface area contributed by atoms with Crippen molar-refractivity contribution in [2.75, 3.05) is 38.0 Å². The number of nitrogens with zero attached hydrogens (tertiary/aromatic N) is 4. The smallest absolute Gasteiger partial charge is 0.357 e. The van der Waals surface area contributed by atoms with E-state index in [1.807, 2.05) is 6.92 Å². The van der Waals surface area contributed by atoms with Gasteiger partial charge in [-0.15, -0.1) is 24.0 Å². The van der Waals surface area contributed by atoms with Crippen LogP contribution in [0.3, 0.4) is 0 Å². The Morgan fingerprint density at radius 2 is 1.93 bits per heavy atom. The molecule has 1 saturated carbocycles. The van der Waals surface area contributed by atoms with Crippen LogP contribution in [-0.4, -0.2) is 53.6 Å². The van der Waals surface area contributed by atoms with Crippen LogP contribution < -0.4 is 10.6 Å². The number of hydrogen-bond donors (Lipinski definition) is 2. The van der Waals surface area contributed by atoms with Gasteiger partial charge in [-0.2, -0.15) is 13.2 Å². The summed E-state index contributed by atoms with van der Waals surface area (Å²) in [6.07, 6.45) is 1.89. The number of anilines is 1. The largest absolute Gasteiger partial charge is 0.433 e. The van der Waals surface area contributed by atoms with Crippen molar-refractivity contribution in [3.8, 4) is 0 Å². The molecule has 28 heavy (non-hydrogen) atoms. The van der Waals surface area contributed by atoms with Crippen molar-refractivity contribution in [2.45, 2.75) is 38.8 Å². The predicted molar refractivity (Wildman–Crippen MR) is 114 cm³/mol. The Hall–Kier alpha value is -1.33. The van der Waals surface area contributed by atoms with Gasteiger partial charge in [0.25, 0.3) is 0 Å². The van der Waals surface area contributed by atoms with Crippen molar-refractivity contribution in [3.05, 3.63) is 18.0 Å². The monoisotopic (exact) mass is 512 g/mol. The molecule has 1 aliphatic heterocycles. The van der Waals surface area contributed by atoms with Crippen LogP contribution in [0.1, 0.15) is 38.3 Å². The Morgan fingerprint density at radius 1 is 1.25 bits per heavy atom. The fraction of sp³-hybridized carbons (Fsp3) is 0.722. The third kappa shape index (κ3) is 6.08. The van der Waals surface area contributed by atoms with Crippen LogP contribution in [0.5, 0.6) is 0 Å². The van der Waals surface area contributed by atoms with E-state index in [0.29, 0.717) is 13.1 Å². The topological polar surface area (TPSA) is 65.4 Å². The first kappa shape index (κ1) is 23.0. The number of nitrogens with one attached hydrogen (secondary N) is 2. The van der Waals surface area contributed by atoms with Crippen molar-refractivity contribution in [1.82, 2.24) is 20.2 Å². The Kier molecular flexibility index (Phi) is 8.56. The van der Waals surface area contributed by atoms with Crippen LogP contribution in [0.4, 0.5) is 19.1 Å². The molecule has 6 nitrogen and oxygen atoms in total. The number of fused-ring (bicyclic) bond motifs is 1. The molecule has 158 valence electrons. The quantitative estimate of drug-likeness (QED) is 0.273. The molecule has 2 fully saturated rings. The number of aromatic nitrogens is 2. The Labute approximate surface area is 180 Å². The number of alkyl halides is 3. The van der Waals surface area contributed by atoms with E-state index in [1.54, 1.807) is 0 Å². The molecular weight excluding hydrogens is 484 g/mol. The van der Waals surface area contributed by atoms with Crippen molar-refractivity contribution in [3.63, 3.8) is 0 Å². The molecular formula is C18H28F3IN6. The summed E-state index contributed by atoms with van der Waals surface area (Å²) in [5.74, 6) is 2.38. The average molecular weight is 512 g/mol. The van der Waals surface area contributed by atoms with Crippen molar-refractivity contribution in [1.29, 1.82) is 0 Å². The van der Waals surface area contributed by atoms with E-state index >= 15 is 0 Å². The normalized spacial score (nSPS) is 22.4. The van der Waals surface area contributed by atoms with Crippen molar-refractivity contribution >= 4 is 35.9 Å². The van der Waals surface area contributed by atoms with Gasteiger partial charge < -0.3 is 15.5 Å². The molecule has 0 amide bonds. The molecule has 1 saturated heterocycles. The van der Waals surface area contributed by atoms with Crippen LogP contribution in [0, 0.1) is 11.8 Å². The van der Waals surface area contributed by atoms with Gasteiger partial charge in [-0.3, -0.25) is 4.99 Å². The minimum Gasteiger partial charge on any atom is -0.357 e. The highest BCUT2D eigenvalue weighted by Gasteiger charge is 2.35. The average Bonchev–Trinajstić information content (AvgIpc) is 3.08. The molecule has 3 rings (SSSR count). The van der Waals surface area contributed by atoms with Gasteiger partial charge in [-0.05, 0) is 37.7 Å². The number of likely N-dealkylation sites (tertiary alicyclic amines) is 1. The maximum Gasteiger partial charge on any atom is 0.433 e. The Morgan fingerprint density at radius 3 is 2.54 bits per heavy atom. The lowest BCUT2D eigenvalue weighted by atomic mass is 9.82. The highest BCUT2D eigenvalue weighted by Crippen LogP contribution is 2.36. The highest BCUT2D eigenvalue weighted by molar-refractivity contribution is 14.0. The Balaban J connectivity index is 0.00000280. The summed E-state index contributed by atoms with van der Waals surface area (Å²) in [6.45, 7) is 5.72. The van der Waals surface area contributed by atoms with Gasteiger partial charge in [0.05, 0.1) is 6.54 Å². The molecule has 2 unspecified atom stereocenters. The van der Waals surface area contributed by atoms with E-state index in [-0.39, 0.29) is 29.9 Å². The molecule has 0 spiro atoms. The minimum atomic E-state index is -4.47. The lowest BCUT2D eigenvalue weighted by Gasteiger charge is -2.22. The van der Waals surface area contributed by atoms with Crippen LogP contribution in [-0.2, 0) is 6.18 Å². The van der Waals surface area contributed by atoms with E-state index in [4.69, 9.17) is 0 Å². The van der Waals surface area contributed by atoms with E-state index in [1.165, 1.54) is 25.7 Å². The zero-order valence-corrected chi connectivity index (χ0v) is 18.3. The number of rotatable bonds is 5. The lowest BCUT2D eigenvalue weighted by Crippen LogP contribution is -2.40. The summed E-state index contributed by atoms with van der Waals surface area (Å²) < 4.78 is 38.1. The van der Waals surface area contributed by atoms with E-state index in [0.717, 1.165) is 49.7 Å². The SMILES string of the molecule is CCNC(=NCCNc1nccc(C(F)(F)F)n1)N1CC2CCCCC2C1.I. The molecule has 1 aromatic rings. The second-order valence-corrected chi connectivity index (χ2v) is 7.14. The Bertz CT molecular complexity index is 640. The number of halogens is 4. The molecule has 10 heteroatoms. The fourth-order valence-electron chi connectivity index (χ4n) is 3.94. The zero-order chi connectivity index (χ0) is 19.3. The van der Waals surface area contributed by atoms with E-state index in [9.17, 15) is 13.2 Å². The summed E-state index contributed by atoms with van der Waals surface area (Å²) in [5.41, 5.74) is -0.948. The van der Waals surface area contributed by atoms with Gasteiger partial charge in [-0.1, -0.05) is 12.8 Å². The molecule has 2 N–H and O–H groups in total. The van der Waals surface area contributed by atoms with Crippen LogP contribution >= 0.6 is 24.0 Å². The summed E-state index contributed by atoms with van der Waals surface area (Å²) in [4.78, 5) is 14.3. The molecule has 2 atom stereocenters. The predicted octanol–water partition coefficient (Wildman–Crippen LogP) is 3.61. The summed E-state index contributed by atoms with van der Waals surface area (Å²) in [5, 5.41) is 6.15. The first-order chi connectivity index (χ1) is 13.0. The zero-order valence-electron chi connectivity index (χ0n) is 16.0. The van der Waals surface area contributed by atoms with E-state index < -0.39 is 11.9 Å². The first-order valence-electron chi connectivity index (χ1n) is 9.64. The molecule has 1 aromatic heterocycles. The van der Waals surface area contributed by atoms with Gasteiger partial charge in [0, 0.05) is 32.4 Å². The summed E-state index contributed by atoms with van der Waals surface area (Å²) in [6, 6.07) is 0.861. The second-order valence-electron chi connectivity index (χ2n) is 7.14. The summed E-state index contributed by atoms with van der Waals surface area (Å²) >= 11 is 0. The maximum absolute atomic E-state index is 12.7. The molecule has 2 aliphatic rings. The van der Waals surface area contributed by atoms with Crippen molar-refractivity contribution < 1.29 is 13.2 Å². The van der Waals surface area contributed by atoms with Gasteiger partial charge in [0.2, 0.25) is 5.95 Å². The fourth-order valence-corrected chi connectivity index (χ4v) is 3.94. The maximum atomic E-state index is 12.7. The third-order valence-corrected chi connectivity index (χ3v) is 5.21. The first-order valence-corrected chi connectivity index (χ1v) is 9.64. The highest BCUT2D eigenvalue weighted by atomic mass is 127. The van der Waals surface area contributed by atoms with E-state index in [2.05, 4.69) is 30.5 Å². The summed E-state index contributed by atoms with van der Waals surface area (Å²) in [7, 11) is 0. The second kappa shape index (κ2) is 10.4. The van der Waals surface area contributed by atoms with Crippen LogP contribution in [0.2, 0.25) is 0 Å². The molecule has 0 radical (unpaired) electrons. The molecule has 0 bridgehead atoms. The molecule has 0 aromatic carbocycles. The van der Waals surface area contributed by atoms with Crippen LogP contribution in [0.15, 0.2) is 17.3 Å². The van der Waals surface area contributed by atoms with Crippen molar-refractivity contribution in [2.24, 2.45) is 16.8 Å². The van der Waals surface area contributed by atoms with Crippen LogP contribution in [0.25, 0.3) is 0 Å². The number of hydrogen-bond acceptors (Lipinski definition) is 4. The van der Waals surface area contributed by atoms with Gasteiger partial charge in [0.1, 0.15) is 5.69 Å².